The first-order valence-electron chi connectivity index (χ1n) is 6.02. The Morgan fingerprint density at radius 3 is 2.69 bits per heavy atom. The standard InChI is InChI=1S/C12H22N4/c1-8(2)16-6-5-11(13)12(16)10-7-14-15(4)9(10)3/h7-8,11-12H,5-6,13H2,1-4H3. The van der Waals surface area contributed by atoms with Crippen LogP contribution in [0.25, 0.3) is 0 Å². The number of nitrogens with zero attached hydrogens (tertiary/aromatic N) is 3. The molecule has 2 atom stereocenters. The molecule has 4 heteroatoms. The van der Waals surface area contributed by atoms with Crippen LogP contribution in [-0.2, 0) is 7.05 Å². The van der Waals surface area contributed by atoms with Gasteiger partial charge in [-0.2, -0.15) is 5.10 Å². The van der Waals surface area contributed by atoms with Gasteiger partial charge in [-0.1, -0.05) is 0 Å². The van der Waals surface area contributed by atoms with Gasteiger partial charge in [0.15, 0.2) is 0 Å². The minimum Gasteiger partial charge on any atom is -0.326 e. The molecule has 0 saturated carbocycles. The molecule has 0 amide bonds. The number of aryl methyl sites for hydroxylation is 1. The SMILES string of the molecule is Cc1c(C2C(N)CCN2C(C)C)cnn1C. The van der Waals surface area contributed by atoms with Gasteiger partial charge in [0.1, 0.15) is 0 Å². The molecule has 0 radical (unpaired) electrons. The normalized spacial score (nSPS) is 26.9. The molecular formula is C12H22N4. The molecule has 1 aromatic rings. The molecule has 1 aliphatic rings. The molecule has 0 bridgehead atoms. The van der Waals surface area contributed by atoms with Crippen molar-refractivity contribution in [2.24, 2.45) is 12.8 Å². The van der Waals surface area contributed by atoms with Crippen molar-refractivity contribution in [1.29, 1.82) is 0 Å². The zero-order valence-corrected chi connectivity index (χ0v) is 10.6. The van der Waals surface area contributed by atoms with E-state index in [0.717, 1.165) is 13.0 Å². The van der Waals surface area contributed by atoms with Gasteiger partial charge < -0.3 is 5.73 Å². The molecule has 1 saturated heterocycles. The molecule has 2 heterocycles. The van der Waals surface area contributed by atoms with Crippen LogP contribution in [0.3, 0.4) is 0 Å². The number of nitrogens with two attached hydrogens (primary N) is 1. The lowest BCUT2D eigenvalue weighted by Gasteiger charge is -2.30. The van der Waals surface area contributed by atoms with Gasteiger partial charge in [-0.3, -0.25) is 9.58 Å². The van der Waals surface area contributed by atoms with E-state index in [4.69, 9.17) is 5.73 Å². The molecule has 16 heavy (non-hydrogen) atoms. The van der Waals surface area contributed by atoms with Crippen LogP contribution in [0.2, 0.25) is 0 Å². The second kappa shape index (κ2) is 4.18. The number of likely N-dealkylation sites (tertiary alicyclic amines) is 1. The van der Waals surface area contributed by atoms with Gasteiger partial charge in [-0.15, -0.1) is 0 Å². The van der Waals surface area contributed by atoms with Crippen LogP contribution in [0.4, 0.5) is 0 Å². The third-order valence-corrected chi connectivity index (χ3v) is 3.74. The van der Waals surface area contributed by atoms with Crippen molar-refractivity contribution < 1.29 is 0 Å². The van der Waals surface area contributed by atoms with Crippen LogP contribution in [0.1, 0.15) is 37.6 Å². The van der Waals surface area contributed by atoms with E-state index in [0.29, 0.717) is 12.1 Å². The minimum absolute atomic E-state index is 0.241. The summed E-state index contributed by atoms with van der Waals surface area (Å²) in [6.07, 6.45) is 3.05. The number of rotatable bonds is 2. The maximum atomic E-state index is 6.24. The molecule has 2 N–H and O–H groups in total. The molecule has 0 spiro atoms. The van der Waals surface area contributed by atoms with Gasteiger partial charge in [0, 0.05) is 36.9 Å². The topological polar surface area (TPSA) is 47.1 Å². The maximum Gasteiger partial charge on any atom is 0.0541 e. The van der Waals surface area contributed by atoms with E-state index in [9.17, 15) is 0 Å². The lowest BCUT2D eigenvalue weighted by molar-refractivity contribution is 0.197. The van der Waals surface area contributed by atoms with Crippen molar-refractivity contribution in [2.45, 2.75) is 45.3 Å². The van der Waals surface area contributed by atoms with E-state index in [1.807, 2.05) is 17.9 Å². The highest BCUT2D eigenvalue weighted by atomic mass is 15.3. The molecule has 2 unspecified atom stereocenters. The van der Waals surface area contributed by atoms with Crippen LogP contribution >= 0.6 is 0 Å². The van der Waals surface area contributed by atoms with Crippen molar-refractivity contribution in [3.8, 4) is 0 Å². The summed E-state index contributed by atoms with van der Waals surface area (Å²) in [5.41, 5.74) is 8.76. The smallest absolute Gasteiger partial charge is 0.0541 e. The van der Waals surface area contributed by atoms with E-state index in [1.54, 1.807) is 0 Å². The largest absolute Gasteiger partial charge is 0.326 e. The highest BCUT2D eigenvalue weighted by Gasteiger charge is 2.35. The Labute approximate surface area is 97.4 Å². The number of hydrogen-bond donors (Lipinski definition) is 1. The average Bonchev–Trinajstić information content (AvgIpc) is 2.73. The Hall–Kier alpha value is -0.870. The number of aromatic nitrogens is 2. The van der Waals surface area contributed by atoms with E-state index < -0.39 is 0 Å². The van der Waals surface area contributed by atoms with Crippen molar-refractivity contribution in [3.63, 3.8) is 0 Å². The van der Waals surface area contributed by atoms with Crippen molar-refractivity contribution in [3.05, 3.63) is 17.5 Å². The predicted molar refractivity (Wildman–Crippen MR) is 65.1 cm³/mol. The summed E-state index contributed by atoms with van der Waals surface area (Å²) in [6.45, 7) is 7.68. The number of hydrogen-bond acceptors (Lipinski definition) is 3. The molecular weight excluding hydrogens is 200 g/mol. The highest BCUT2D eigenvalue weighted by molar-refractivity contribution is 5.24. The van der Waals surface area contributed by atoms with Crippen LogP contribution in [0.15, 0.2) is 6.20 Å². The van der Waals surface area contributed by atoms with Gasteiger partial charge in [0.2, 0.25) is 0 Å². The summed E-state index contributed by atoms with van der Waals surface area (Å²) in [5, 5.41) is 4.32. The molecule has 0 aromatic carbocycles. The fourth-order valence-electron chi connectivity index (χ4n) is 2.64. The maximum absolute atomic E-state index is 6.24. The van der Waals surface area contributed by atoms with Gasteiger partial charge in [0.05, 0.1) is 12.2 Å². The molecule has 2 rings (SSSR count). The summed E-state index contributed by atoms with van der Waals surface area (Å²) in [4.78, 5) is 2.48. The van der Waals surface area contributed by atoms with Crippen LogP contribution in [0.5, 0.6) is 0 Å². The summed E-state index contributed by atoms with van der Waals surface area (Å²) < 4.78 is 1.93. The quantitative estimate of drug-likeness (QED) is 0.818. The monoisotopic (exact) mass is 222 g/mol. The average molecular weight is 222 g/mol. The Kier molecular flexibility index (Phi) is 3.04. The summed E-state index contributed by atoms with van der Waals surface area (Å²) in [6, 6.07) is 1.12. The predicted octanol–water partition coefficient (Wildman–Crippen LogP) is 1.21. The van der Waals surface area contributed by atoms with E-state index in [1.165, 1.54) is 11.3 Å². The Morgan fingerprint density at radius 1 is 1.50 bits per heavy atom. The van der Waals surface area contributed by atoms with Gasteiger partial charge in [-0.25, -0.2) is 0 Å². The second-order valence-corrected chi connectivity index (χ2v) is 5.04. The third kappa shape index (κ3) is 1.76. The third-order valence-electron chi connectivity index (χ3n) is 3.74. The van der Waals surface area contributed by atoms with Gasteiger partial charge in [-0.05, 0) is 27.2 Å². The molecule has 90 valence electrons. The van der Waals surface area contributed by atoms with Crippen molar-refractivity contribution in [1.82, 2.24) is 14.7 Å². The van der Waals surface area contributed by atoms with Gasteiger partial charge >= 0.3 is 0 Å². The van der Waals surface area contributed by atoms with Crippen molar-refractivity contribution in [2.75, 3.05) is 6.54 Å². The first kappa shape index (κ1) is 11.6. The zero-order valence-electron chi connectivity index (χ0n) is 10.6. The lowest BCUT2D eigenvalue weighted by Crippen LogP contribution is -2.36. The molecule has 1 fully saturated rings. The fraction of sp³-hybridized carbons (Fsp3) is 0.750. The van der Waals surface area contributed by atoms with Crippen LogP contribution < -0.4 is 5.73 Å². The van der Waals surface area contributed by atoms with E-state index in [-0.39, 0.29) is 6.04 Å². The first-order valence-corrected chi connectivity index (χ1v) is 6.02. The lowest BCUT2D eigenvalue weighted by atomic mass is 10.0. The summed E-state index contributed by atoms with van der Waals surface area (Å²) >= 11 is 0. The van der Waals surface area contributed by atoms with E-state index >= 15 is 0 Å². The minimum atomic E-state index is 0.241. The molecule has 4 nitrogen and oxygen atoms in total. The van der Waals surface area contributed by atoms with Crippen LogP contribution in [0, 0.1) is 6.92 Å². The van der Waals surface area contributed by atoms with Gasteiger partial charge in [0.25, 0.3) is 0 Å². The van der Waals surface area contributed by atoms with Crippen molar-refractivity contribution >= 4 is 0 Å². The zero-order chi connectivity index (χ0) is 11.9. The molecule has 1 aromatic heterocycles. The summed E-state index contributed by atoms with van der Waals surface area (Å²) in [7, 11) is 1.99. The molecule has 1 aliphatic heterocycles. The fourth-order valence-corrected chi connectivity index (χ4v) is 2.64. The highest BCUT2D eigenvalue weighted by Crippen LogP contribution is 2.34. The van der Waals surface area contributed by atoms with E-state index in [2.05, 4.69) is 30.8 Å². The summed E-state index contributed by atoms with van der Waals surface area (Å²) in [5.74, 6) is 0. The molecule has 0 aliphatic carbocycles. The Balaban J connectivity index is 2.33. The first-order chi connectivity index (χ1) is 7.52. The second-order valence-electron chi connectivity index (χ2n) is 5.04. The van der Waals surface area contributed by atoms with Crippen LogP contribution in [-0.4, -0.2) is 33.3 Å². The Bertz CT molecular complexity index is 369. The Morgan fingerprint density at radius 2 is 2.19 bits per heavy atom.